The molecule has 0 bridgehead atoms. The van der Waals surface area contributed by atoms with Crippen molar-refractivity contribution in [2.45, 2.75) is 13.5 Å². The maximum atomic E-state index is 13.7. The van der Waals surface area contributed by atoms with Gasteiger partial charge in [-0.05, 0) is 52.0 Å². The van der Waals surface area contributed by atoms with Gasteiger partial charge in [-0.15, -0.1) is 11.3 Å². The molecule has 2 rings (SSSR count). The third-order valence-electron chi connectivity index (χ3n) is 2.74. The number of nitrogens with zero attached hydrogens (tertiary/aromatic N) is 1. The summed E-state index contributed by atoms with van der Waals surface area (Å²) in [7, 11) is 1.68. The predicted molar refractivity (Wildman–Crippen MR) is 79.0 cm³/mol. The van der Waals surface area contributed by atoms with E-state index in [9.17, 15) is 9.18 Å². The molecule has 2 aromatic rings. The molecule has 19 heavy (non-hydrogen) atoms. The molecule has 0 N–H and O–H groups in total. The van der Waals surface area contributed by atoms with Crippen LogP contribution in [0.4, 0.5) is 4.39 Å². The first-order chi connectivity index (χ1) is 8.97. The lowest BCUT2D eigenvalue weighted by atomic mass is 10.1. The predicted octanol–water partition coefficient (Wildman–Crippen LogP) is 4.23. The van der Waals surface area contributed by atoms with E-state index in [2.05, 4.69) is 15.9 Å². The van der Waals surface area contributed by atoms with Crippen molar-refractivity contribution in [3.05, 3.63) is 55.9 Å². The van der Waals surface area contributed by atoms with E-state index in [1.807, 2.05) is 18.4 Å². The number of hydrogen-bond acceptors (Lipinski definition) is 2. The Morgan fingerprint density at radius 1 is 1.42 bits per heavy atom. The molecular weight excluding hydrogens is 329 g/mol. The fourth-order valence-electron chi connectivity index (χ4n) is 1.78. The normalized spacial score (nSPS) is 10.5. The number of rotatable bonds is 3. The van der Waals surface area contributed by atoms with E-state index in [-0.39, 0.29) is 11.5 Å². The van der Waals surface area contributed by atoms with Gasteiger partial charge >= 0.3 is 0 Å². The first-order valence-corrected chi connectivity index (χ1v) is 7.39. The summed E-state index contributed by atoms with van der Waals surface area (Å²) in [5.41, 5.74) is 2.02. The number of halogens is 2. The van der Waals surface area contributed by atoms with Crippen molar-refractivity contribution in [3.63, 3.8) is 0 Å². The lowest BCUT2D eigenvalue weighted by molar-refractivity contribution is 0.0780. The molecule has 0 saturated heterocycles. The molecule has 0 fully saturated rings. The highest BCUT2D eigenvalue weighted by molar-refractivity contribution is 9.11. The van der Waals surface area contributed by atoms with E-state index < -0.39 is 5.82 Å². The second kappa shape index (κ2) is 5.84. The van der Waals surface area contributed by atoms with Crippen molar-refractivity contribution in [1.29, 1.82) is 0 Å². The van der Waals surface area contributed by atoms with E-state index in [1.54, 1.807) is 30.5 Å². The Balaban J connectivity index is 2.16. The van der Waals surface area contributed by atoms with Gasteiger partial charge in [0, 0.05) is 13.6 Å². The lowest BCUT2D eigenvalue weighted by Gasteiger charge is -2.17. The molecule has 0 atom stereocenters. The SMILES string of the molecule is Cc1ccc(F)c(C(=O)N(C)Cc2csc(Br)c2)c1. The van der Waals surface area contributed by atoms with Crippen LogP contribution in [-0.4, -0.2) is 17.9 Å². The molecule has 0 unspecified atom stereocenters. The zero-order chi connectivity index (χ0) is 14.0. The minimum Gasteiger partial charge on any atom is -0.337 e. The molecule has 0 aliphatic rings. The molecule has 1 aromatic carbocycles. The molecule has 2 nitrogen and oxygen atoms in total. The summed E-state index contributed by atoms with van der Waals surface area (Å²) in [6.45, 7) is 2.31. The van der Waals surface area contributed by atoms with E-state index in [0.29, 0.717) is 6.54 Å². The largest absolute Gasteiger partial charge is 0.337 e. The van der Waals surface area contributed by atoms with Crippen LogP contribution in [0.25, 0.3) is 0 Å². The average molecular weight is 342 g/mol. The number of hydrogen-bond donors (Lipinski definition) is 0. The van der Waals surface area contributed by atoms with E-state index in [1.165, 1.54) is 11.0 Å². The van der Waals surface area contributed by atoms with Gasteiger partial charge in [0.1, 0.15) is 5.82 Å². The van der Waals surface area contributed by atoms with Crippen LogP contribution in [0, 0.1) is 12.7 Å². The van der Waals surface area contributed by atoms with Crippen LogP contribution in [0.5, 0.6) is 0 Å². The van der Waals surface area contributed by atoms with Gasteiger partial charge in [0.15, 0.2) is 0 Å². The van der Waals surface area contributed by atoms with Crippen LogP contribution >= 0.6 is 27.3 Å². The van der Waals surface area contributed by atoms with Crippen molar-refractivity contribution in [2.24, 2.45) is 0 Å². The van der Waals surface area contributed by atoms with Gasteiger partial charge in [0.05, 0.1) is 9.35 Å². The monoisotopic (exact) mass is 341 g/mol. The van der Waals surface area contributed by atoms with Crippen molar-refractivity contribution in [2.75, 3.05) is 7.05 Å². The standard InChI is InChI=1S/C14H13BrFNOS/c1-9-3-4-12(16)11(5-9)14(18)17(2)7-10-6-13(15)19-8-10/h3-6,8H,7H2,1-2H3. The molecular formula is C14H13BrFNOS. The van der Waals surface area contributed by atoms with Gasteiger partial charge < -0.3 is 4.90 Å². The number of aryl methyl sites for hydroxylation is 1. The van der Waals surface area contributed by atoms with Crippen LogP contribution in [0.1, 0.15) is 21.5 Å². The summed E-state index contributed by atoms with van der Waals surface area (Å²) in [5, 5.41) is 1.97. The Kier molecular flexibility index (Phi) is 4.37. The lowest BCUT2D eigenvalue weighted by Crippen LogP contribution is -2.26. The molecule has 0 aliphatic heterocycles. The Bertz CT molecular complexity index is 611. The van der Waals surface area contributed by atoms with Crippen LogP contribution < -0.4 is 0 Å². The Labute approximate surface area is 124 Å². The first kappa shape index (κ1) is 14.2. The van der Waals surface area contributed by atoms with Gasteiger partial charge in [0.2, 0.25) is 0 Å². The highest BCUT2D eigenvalue weighted by Gasteiger charge is 2.16. The second-order valence-corrected chi connectivity index (χ2v) is 6.69. The van der Waals surface area contributed by atoms with Crippen molar-refractivity contribution < 1.29 is 9.18 Å². The quantitative estimate of drug-likeness (QED) is 0.817. The molecule has 0 aliphatic carbocycles. The van der Waals surface area contributed by atoms with E-state index in [4.69, 9.17) is 0 Å². The fraction of sp³-hybridized carbons (Fsp3) is 0.214. The smallest absolute Gasteiger partial charge is 0.256 e. The van der Waals surface area contributed by atoms with Crippen LogP contribution in [0.2, 0.25) is 0 Å². The molecule has 0 radical (unpaired) electrons. The number of benzene rings is 1. The van der Waals surface area contributed by atoms with Gasteiger partial charge in [-0.2, -0.15) is 0 Å². The van der Waals surface area contributed by atoms with Crippen molar-refractivity contribution in [1.82, 2.24) is 4.90 Å². The summed E-state index contributed by atoms with van der Waals surface area (Å²) >= 11 is 4.94. The molecule has 0 saturated carbocycles. The molecule has 5 heteroatoms. The Hall–Kier alpha value is -1.20. The van der Waals surface area contributed by atoms with Gasteiger partial charge in [-0.3, -0.25) is 4.79 Å². The number of carbonyl (C=O) groups is 1. The maximum Gasteiger partial charge on any atom is 0.256 e. The Morgan fingerprint density at radius 2 is 2.16 bits per heavy atom. The Morgan fingerprint density at radius 3 is 2.79 bits per heavy atom. The molecule has 100 valence electrons. The van der Waals surface area contributed by atoms with Crippen molar-refractivity contribution >= 4 is 33.2 Å². The molecule has 1 aromatic heterocycles. The number of carbonyl (C=O) groups excluding carboxylic acids is 1. The summed E-state index contributed by atoms with van der Waals surface area (Å²) in [5.74, 6) is -0.780. The third-order valence-corrected chi connectivity index (χ3v) is 4.29. The summed E-state index contributed by atoms with van der Waals surface area (Å²) < 4.78 is 14.7. The third kappa shape index (κ3) is 3.42. The summed E-state index contributed by atoms with van der Waals surface area (Å²) in [6, 6.07) is 6.53. The molecule has 1 amide bonds. The van der Waals surface area contributed by atoms with E-state index in [0.717, 1.165) is 14.9 Å². The minimum atomic E-state index is -0.478. The topological polar surface area (TPSA) is 20.3 Å². The van der Waals surface area contributed by atoms with Crippen LogP contribution in [0.15, 0.2) is 33.4 Å². The van der Waals surface area contributed by atoms with Crippen LogP contribution in [0.3, 0.4) is 0 Å². The number of amides is 1. The highest BCUT2D eigenvalue weighted by Crippen LogP contribution is 2.22. The zero-order valence-corrected chi connectivity index (χ0v) is 13.0. The van der Waals surface area contributed by atoms with Crippen molar-refractivity contribution in [3.8, 4) is 0 Å². The van der Waals surface area contributed by atoms with Gasteiger partial charge in [-0.25, -0.2) is 4.39 Å². The average Bonchev–Trinajstić information content (AvgIpc) is 2.77. The second-order valence-electron chi connectivity index (χ2n) is 4.40. The molecule has 1 heterocycles. The fourth-order valence-corrected chi connectivity index (χ4v) is 2.98. The summed E-state index contributed by atoms with van der Waals surface area (Å²) in [6.07, 6.45) is 0. The minimum absolute atomic E-state index is 0.122. The van der Waals surface area contributed by atoms with Crippen LogP contribution in [-0.2, 0) is 6.54 Å². The zero-order valence-electron chi connectivity index (χ0n) is 10.6. The highest BCUT2D eigenvalue weighted by atomic mass is 79.9. The maximum absolute atomic E-state index is 13.7. The first-order valence-electron chi connectivity index (χ1n) is 5.72. The van der Waals surface area contributed by atoms with Gasteiger partial charge in [0.25, 0.3) is 5.91 Å². The molecule has 0 spiro atoms. The summed E-state index contributed by atoms with van der Waals surface area (Å²) in [4.78, 5) is 13.7. The van der Waals surface area contributed by atoms with Gasteiger partial charge in [-0.1, -0.05) is 11.6 Å². The number of thiophene rings is 1. The van der Waals surface area contributed by atoms with E-state index >= 15 is 0 Å².